The molecule has 22 aromatic rings. The second kappa shape index (κ2) is 29.4. The highest BCUT2D eigenvalue weighted by atomic mass is 15.2. The summed E-state index contributed by atoms with van der Waals surface area (Å²) in [6, 6.07) is 131. The molecule has 0 aliphatic heterocycles. The molecule has 15 aromatic carbocycles. The van der Waals surface area contributed by atoms with Crippen molar-refractivity contribution in [3.63, 3.8) is 0 Å². The van der Waals surface area contributed by atoms with Crippen LogP contribution in [0, 0.1) is 55.4 Å². The van der Waals surface area contributed by atoms with Crippen molar-refractivity contribution in [1.82, 2.24) is 32.0 Å². The summed E-state index contributed by atoms with van der Waals surface area (Å²) in [5.74, 6) is 0. The van der Waals surface area contributed by atoms with Gasteiger partial charge in [0.25, 0.3) is 0 Å². The molecule has 0 fully saturated rings. The molecule has 1 aliphatic carbocycles. The van der Waals surface area contributed by atoms with Gasteiger partial charge in [-0.2, -0.15) is 0 Å². The first-order valence-corrected chi connectivity index (χ1v) is 43.6. The molecule has 1 unspecified atom stereocenters. The lowest BCUT2D eigenvalue weighted by Gasteiger charge is -2.33. The fraction of sp³-hybridized carbons (Fsp3) is 0.103. The Balaban J connectivity index is 0.624. The van der Waals surface area contributed by atoms with Crippen LogP contribution in [0.4, 0.5) is 11.4 Å². The van der Waals surface area contributed by atoms with Crippen molar-refractivity contribution in [3.05, 3.63) is 432 Å². The first-order valence-electron chi connectivity index (χ1n) is 43.6. The molecule has 0 saturated carbocycles. The summed E-state index contributed by atoms with van der Waals surface area (Å²) in [6.45, 7) is 18.3. The minimum Gasteiger partial charge on any atom is -0.334 e. The Morgan fingerprint density at radius 3 is 1.02 bits per heavy atom. The molecule has 1 aliphatic rings. The van der Waals surface area contributed by atoms with Gasteiger partial charge < -0.3 is 36.9 Å². The van der Waals surface area contributed by atoms with E-state index in [9.17, 15) is 0 Å². The quantitative estimate of drug-likeness (QED) is 0.0950. The number of hydrogen-bond donors (Lipinski definition) is 0. The van der Waals surface area contributed by atoms with Gasteiger partial charge in [-0.05, 0) is 330 Å². The van der Waals surface area contributed by atoms with E-state index < -0.39 is 0 Å². The van der Waals surface area contributed by atoms with Crippen LogP contribution in [0.2, 0.25) is 0 Å². The number of nitrogens with zero attached hydrogens (tertiary/aromatic N) is 8. The Morgan fingerprint density at radius 2 is 0.540 bits per heavy atom. The van der Waals surface area contributed by atoms with E-state index in [1.807, 2.05) is 0 Å². The van der Waals surface area contributed by atoms with Crippen molar-refractivity contribution in [2.75, 3.05) is 4.90 Å². The number of allylic oxidation sites excluding steroid dienone is 2. The van der Waals surface area contributed by atoms with Crippen LogP contribution in [-0.2, 0) is 12.8 Å². The zero-order valence-corrected chi connectivity index (χ0v) is 71.0. The summed E-state index contributed by atoms with van der Waals surface area (Å²) in [5.41, 5.74) is 41.2. The molecular weight excluding hydrogens is 1510 g/mol. The van der Waals surface area contributed by atoms with Crippen LogP contribution in [0.5, 0.6) is 0 Å². The zero-order chi connectivity index (χ0) is 83.3. The Labute approximate surface area is 721 Å². The van der Waals surface area contributed by atoms with Gasteiger partial charge in [0, 0.05) is 128 Å². The molecule has 8 heteroatoms. The standard InChI is InChI=1S/C116H92N8/c1-73-78(6)119(108-40-26-24-38-97(73)108)92-51-53-94(54-52-92)120(93-49-42-81(43-50-93)82-44-59-114-103(68-82)98-39-25-27-41-109(98)123(114)91-36-22-13-23-37-91)95-55-63-113-102(71-95)77(5)107(122(113)90-34-20-12-21-35-90)65-64-106-76(4)100-67-84(46-58-112(100)121(106)89-32-18-11-19-33-89)86-48-61-116-105(70-86)104-69-85(83-45-57-110-99(66-83)74(2)79(7)117(110)87-28-14-9-15-29-87)47-60-115(104)124(116)96-56-62-111-101(72-96)75(3)80(8)118(111)88-30-16-10-17-31-88/h9-49,51-63,66-72,93H,50,64-65H2,1-8H3. The second-order valence-electron chi connectivity index (χ2n) is 34.1. The molecule has 0 spiro atoms. The normalized spacial score (nSPS) is 13.1. The first-order chi connectivity index (χ1) is 60.8. The molecule has 0 amide bonds. The van der Waals surface area contributed by atoms with Gasteiger partial charge in [-0.15, -0.1) is 0 Å². The maximum atomic E-state index is 2.58. The van der Waals surface area contributed by atoms with E-state index in [0.29, 0.717) is 0 Å². The number of fused-ring (bicyclic) bond motifs is 11. The van der Waals surface area contributed by atoms with Crippen molar-refractivity contribution >= 4 is 115 Å². The maximum absolute atomic E-state index is 2.58. The van der Waals surface area contributed by atoms with Gasteiger partial charge in [0.15, 0.2) is 0 Å². The lowest BCUT2D eigenvalue weighted by Crippen LogP contribution is -2.30. The summed E-state index contributed by atoms with van der Waals surface area (Å²) in [6.07, 6.45) is 9.70. The second-order valence-corrected chi connectivity index (χ2v) is 34.1. The molecule has 0 N–H and O–H groups in total. The highest BCUT2D eigenvalue weighted by molar-refractivity contribution is 6.13. The highest BCUT2D eigenvalue weighted by Crippen LogP contribution is 2.46. The summed E-state index contributed by atoms with van der Waals surface area (Å²) < 4.78 is 17.2. The van der Waals surface area contributed by atoms with Crippen LogP contribution in [0.25, 0.3) is 166 Å². The third-order valence-corrected chi connectivity index (χ3v) is 27.6. The summed E-state index contributed by atoms with van der Waals surface area (Å²) in [4.78, 5) is 2.58. The molecule has 124 heavy (non-hydrogen) atoms. The molecule has 23 rings (SSSR count). The van der Waals surface area contributed by atoms with E-state index in [0.717, 1.165) is 59.1 Å². The fourth-order valence-corrected chi connectivity index (χ4v) is 21.0. The van der Waals surface area contributed by atoms with Gasteiger partial charge >= 0.3 is 0 Å². The molecule has 596 valence electrons. The van der Waals surface area contributed by atoms with Crippen LogP contribution >= 0.6 is 0 Å². The summed E-state index contributed by atoms with van der Waals surface area (Å²) >= 11 is 0. The third-order valence-electron chi connectivity index (χ3n) is 27.6. The molecule has 0 radical (unpaired) electrons. The van der Waals surface area contributed by atoms with Gasteiger partial charge in [0.2, 0.25) is 0 Å². The SMILES string of the molecule is Cc1c(C)n(-c2ccc(N(c3ccc4c(c3)c(C)c(CCc3c(C)c5cc(-c6ccc7c(c6)c6cc(-c8ccc9c(c8)c(C)c(C)n9-c8ccccc8)ccc6n7-c6ccc7c(c6)c(C)c(C)n7-c6ccccc6)ccc5n3-c3ccccc3)n4-c3ccccc3)C3C=CC(c4ccc5c(c4)c4ccccc4n5-c4ccccc4)=CC3)cc2)c2ccccc12. The van der Waals surface area contributed by atoms with Crippen molar-refractivity contribution < 1.29 is 0 Å². The molecule has 7 heterocycles. The van der Waals surface area contributed by atoms with Gasteiger partial charge in [-0.1, -0.05) is 176 Å². The van der Waals surface area contributed by atoms with Crippen molar-refractivity contribution in [2.45, 2.75) is 80.7 Å². The maximum Gasteiger partial charge on any atom is 0.0560 e. The zero-order valence-electron chi connectivity index (χ0n) is 71.0. The average Bonchev–Trinajstić information content (AvgIpc) is 1.57. The topological polar surface area (TPSA) is 37.8 Å². The van der Waals surface area contributed by atoms with E-state index in [4.69, 9.17) is 0 Å². The van der Waals surface area contributed by atoms with Crippen LogP contribution < -0.4 is 4.90 Å². The van der Waals surface area contributed by atoms with Crippen molar-refractivity contribution in [3.8, 4) is 62.1 Å². The van der Waals surface area contributed by atoms with E-state index in [1.165, 1.54) is 199 Å². The number of aromatic nitrogens is 7. The number of para-hydroxylation sites is 7. The summed E-state index contributed by atoms with van der Waals surface area (Å²) in [7, 11) is 0. The molecular formula is C116H92N8. The predicted molar refractivity (Wildman–Crippen MR) is 522 cm³/mol. The number of anilines is 2. The molecule has 7 aromatic heterocycles. The Morgan fingerprint density at radius 1 is 0.234 bits per heavy atom. The number of aryl methyl sites for hydroxylation is 5. The van der Waals surface area contributed by atoms with E-state index >= 15 is 0 Å². The largest absolute Gasteiger partial charge is 0.334 e. The van der Waals surface area contributed by atoms with Gasteiger partial charge in [-0.3, -0.25) is 0 Å². The highest BCUT2D eigenvalue weighted by Gasteiger charge is 2.28. The van der Waals surface area contributed by atoms with Crippen LogP contribution in [-0.4, -0.2) is 38.0 Å². The number of benzene rings is 15. The van der Waals surface area contributed by atoms with Gasteiger partial charge in [0.05, 0.1) is 55.7 Å². The molecule has 0 bridgehead atoms. The lowest BCUT2D eigenvalue weighted by atomic mass is 9.94. The lowest BCUT2D eigenvalue weighted by molar-refractivity contribution is 0.787. The Hall–Kier alpha value is -15.1. The molecule has 1 atom stereocenters. The number of hydrogen-bond acceptors (Lipinski definition) is 1. The van der Waals surface area contributed by atoms with Crippen molar-refractivity contribution in [1.29, 1.82) is 0 Å². The monoisotopic (exact) mass is 1600 g/mol. The van der Waals surface area contributed by atoms with Gasteiger partial charge in [0.1, 0.15) is 0 Å². The van der Waals surface area contributed by atoms with E-state index in [-0.39, 0.29) is 6.04 Å². The Kier molecular flexibility index (Phi) is 17.5. The van der Waals surface area contributed by atoms with E-state index in [2.05, 4.69) is 462 Å². The van der Waals surface area contributed by atoms with Crippen molar-refractivity contribution in [2.24, 2.45) is 0 Å². The minimum absolute atomic E-state index is 0.0199. The van der Waals surface area contributed by atoms with Crippen LogP contribution in [0.1, 0.15) is 68.3 Å². The van der Waals surface area contributed by atoms with Gasteiger partial charge in [-0.25, -0.2) is 0 Å². The average molecular weight is 1600 g/mol. The molecule has 0 saturated heterocycles. The fourth-order valence-electron chi connectivity index (χ4n) is 21.0. The Bertz CT molecular complexity index is 8130. The first kappa shape index (κ1) is 74.0. The smallest absolute Gasteiger partial charge is 0.0560 e. The number of rotatable bonds is 16. The van der Waals surface area contributed by atoms with E-state index in [1.54, 1.807) is 0 Å². The predicted octanol–water partition coefficient (Wildman–Crippen LogP) is 29.7. The molecule has 8 nitrogen and oxygen atoms in total. The van der Waals surface area contributed by atoms with Crippen LogP contribution in [0.3, 0.4) is 0 Å². The minimum atomic E-state index is 0.0199. The van der Waals surface area contributed by atoms with Crippen LogP contribution in [0.15, 0.2) is 370 Å². The summed E-state index contributed by atoms with van der Waals surface area (Å²) in [5, 5.41) is 11.2. The third kappa shape index (κ3) is 11.8.